The summed E-state index contributed by atoms with van der Waals surface area (Å²) >= 11 is 0. The van der Waals surface area contributed by atoms with E-state index in [1.807, 2.05) is 53.1 Å². The van der Waals surface area contributed by atoms with Gasteiger partial charge in [-0.25, -0.2) is 4.98 Å². The Morgan fingerprint density at radius 1 is 0.914 bits per heavy atom. The summed E-state index contributed by atoms with van der Waals surface area (Å²) in [6.07, 6.45) is 6.25. The third-order valence-electron chi connectivity index (χ3n) is 6.41. The lowest BCUT2D eigenvalue weighted by Crippen LogP contribution is -2.47. The Hall–Kier alpha value is -3.92. The third kappa shape index (κ3) is 5.78. The maximum absolute atomic E-state index is 9.08. The average molecular weight is 464 g/mol. The molecule has 0 amide bonds. The first-order chi connectivity index (χ1) is 17.3. The number of nitrogens with zero attached hydrogens (tertiary/aromatic N) is 5. The molecule has 6 nitrogen and oxygen atoms in total. The molecule has 1 aromatic heterocycles. The van der Waals surface area contributed by atoms with Crippen LogP contribution in [0.2, 0.25) is 0 Å². The molecule has 5 rings (SSSR count). The highest BCUT2D eigenvalue weighted by Gasteiger charge is 2.15. The second-order valence-electron chi connectivity index (χ2n) is 8.73. The highest BCUT2D eigenvalue weighted by atomic mass is 16.5. The van der Waals surface area contributed by atoms with E-state index in [1.165, 1.54) is 5.56 Å². The maximum Gasteiger partial charge on any atom is 0.119 e. The van der Waals surface area contributed by atoms with Crippen LogP contribution in [0.5, 0.6) is 5.75 Å². The lowest BCUT2D eigenvalue weighted by atomic mass is 10.2. The number of nitriles is 1. The summed E-state index contributed by atoms with van der Waals surface area (Å²) in [5, 5.41) is 9.08. The zero-order chi connectivity index (χ0) is 23.9. The molecule has 1 aliphatic rings. The standard InChI is InChI=1S/C29H29N5O/c30-22-25-8-13-29-28(21-25)31-23-34(29)26-9-11-27(12-10-26)35-20-19-33-17-15-32(16-18-33)14-4-7-24-5-2-1-3-6-24/h1-13,21,23H,14-20H2. The van der Waals surface area contributed by atoms with Crippen molar-refractivity contribution in [3.63, 3.8) is 0 Å². The van der Waals surface area contributed by atoms with Crippen molar-refractivity contribution in [2.75, 3.05) is 45.9 Å². The number of imidazole rings is 1. The van der Waals surface area contributed by atoms with Gasteiger partial charge in [0.25, 0.3) is 0 Å². The molecule has 1 fully saturated rings. The smallest absolute Gasteiger partial charge is 0.119 e. The van der Waals surface area contributed by atoms with Crippen molar-refractivity contribution in [2.45, 2.75) is 0 Å². The second kappa shape index (κ2) is 11.0. The molecular weight excluding hydrogens is 434 g/mol. The molecule has 35 heavy (non-hydrogen) atoms. The number of fused-ring (bicyclic) bond motifs is 1. The van der Waals surface area contributed by atoms with Crippen LogP contribution < -0.4 is 4.74 Å². The van der Waals surface area contributed by atoms with Crippen molar-refractivity contribution in [3.05, 3.63) is 96.3 Å². The highest BCUT2D eigenvalue weighted by molar-refractivity contribution is 5.78. The van der Waals surface area contributed by atoms with Crippen LogP contribution in [0.15, 0.2) is 85.2 Å². The van der Waals surface area contributed by atoms with Gasteiger partial charge < -0.3 is 4.74 Å². The van der Waals surface area contributed by atoms with Gasteiger partial charge >= 0.3 is 0 Å². The van der Waals surface area contributed by atoms with E-state index in [9.17, 15) is 0 Å². The van der Waals surface area contributed by atoms with E-state index in [4.69, 9.17) is 10.00 Å². The molecular formula is C29H29N5O. The monoisotopic (exact) mass is 463 g/mol. The molecule has 4 aromatic rings. The van der Waals surface area contributed by atoms with Gasteiger partial charge in [0.15, 0.2) is 0 Å². The number of hydrogen-bond donors (Lipinski definition) is 0. The molecule has 2 heterocycles. The normalized spacial score (nSPS) is 14.9. The minimum absolute atomic E-state index is 0.618. The molecule has 0 N–H and O–H groups in total. The quantitative estimate of drug-likeness (QED) is 0.382. The number of hydrogen-bond acceptors (Lipinski definition) is 5. The summed E-state index contributed by atoms with van der Waals surface area (Å²) in [6.45, 7) is 6.93. The summed E-state index contributed by atoms with van der Waals surface area (Å²) in [6, 6.07) is 26.3. The van der Waals surface area contributed by atoms with Gasteiger partial charge in [-0.05, 0) is 48.0 Å². The van der Waals surface area contributed by atoms with E-state index in [2.05, 4.69) is 57.3 Å². The van der Waals surface area contributed by atoms with Gasteiger partial charge in [0.05, 0.1) is 22.7 Å². The van der Waals surface area contributed by atoms with Crippen molar-refractivity contribution in [2.24, 2.45) is 0 Å². The molecule has 176 valence electrons. The largest absolute Gasteiger partial charge is 0.492 e. The van der Waals surface area contributed by atoms with E-state index in [-0.39, 0.29) is 0 Å². The van der Waals surface area contributed by atoms with Gasteiger partial charge in [0.1, 0.15) is 18.7 Å². The van der Waals surface area contributed by atoms with Crippen LogP contribution in [-0.2, 0) is 0 Å². The molecule has 3 aromatic carbocycles. The van der Waals surface area contributed by atoms with Crippen LogP contribution >= 0.6 is 0 Å². The second-order valence-corrected chi connectivity index (χ2v) is 8.73. The number of piperazine rings is 1. The van der Waals surface area contributed by atoms with Crippen LogP contribution in [0.3, 0.4) is 0 Å². The fourth-order valence-electron chi connectivity index (χ4n) is 4.38. The molecule has 0 saturated carbocycles. The van der Waals surface area contributed by atoms with Crippen LogP contribution in [0.1, 0.15) is 11.1 Å². The summed E-state index contributed by atoms with van der Waals surface area (Å²) in [4.78, 5) is 9.40. The first-order valence-electron chi connectivity index (χ1n) is 12.1. The zero-order valence-electron chi connectivity index (χ0n) is 19.8. The molecule has 1 saturated heterocycles. The molecule has 0 atom stereocenters. The molecule has 1 aliphatic heterocycles. The fraction of sp³-hybridized carbons (Fsp3) is 0.241. The van der Waals surface area contributed by atoms with E-state index in [0.29, 0.717) is 12.2 Å². The van der Waals surface area contributed by atoms with Crippen molar-refractivity contribution >= 4 is 17.1 Å². The van der Waals surface area contributed by atoms with Gasteiger partial charge in [-0.2, -0.15) is 5.26 Å². The van der Waals surface area contributed by atoms with Crippen molar-refractivity contribution in [1.29, 1.82) is 5.26 Å². The topological polar surface area (TPSA) is 57.3 Å². The third-order valence-corrected chi connectivity index (χ3v) is 6.41. The Labute approximate surface area is 206 Å². The molecule has 0 radical (unpaired) electrons. The number of ether oxygens (including phenoxy) is 1. The Morgan fingerprint density at radius 3 is 2.46 bits per heavy atom. The fourth-order valence-corrected chi connectivity index (χ4v) is 4.38. The first kappa shape index (κ1) is 22.9. The molecule has 0 aliphatic carbocycles. The molecule has 6 heteroatoms. The Bertz CT molecular complexity index is 1310. The number of benzene rings is 3. The van der Waals surface area contributed by atoms with Gasteiger partial charge in [-0.1, -0.05) is 42.5 Å². The van der Waals surface area contributed by atoms with E-state index in [1.54, 1.807) is 6.33 Å². The summed E-state index contributed by atoms with van der Waals surface area (Å²) in [5.41, 5.74) is 4.68. The van der Waals surface area contributed by atoms with E-state index >= 15 is 0 Å². The van der Waals surface area contributed by atoms with Crippen LogP contribution in [0, 0.1) is 11.3 Å². The van der Waals surface area contributed by atoms with Crippen LogP contribution in [-0.4, -0.2) is 65.2 Å². The number of rotatable bonds is 8. The summed E-state index contributed by atoms with van der Waals surface area (Å²) in [7, 11) is 0. The van der Waals surface area contributed by atoms with Crippen molar-refractivity contribution in [3.8, 4) is 17.5 Å². The summed E-state index contributed by atoms with van der Waals surface area (Å²) in [5.74, 6) is 0.870. The SMILES string of the molecule is N#Cc1ccc2c(c1)ncn2-c1ccc(OCCN2CCN(CC=Cc3ccccc3)CC2)cc1. The maximum atomic E-state index is 9.08. The predicted molar refractivity (Wildman–Crippen MR) is 140 cm³/mol. The van der Waals surface area contributed by atoms with Crippen LogP contribution in [0.4, 0.5) is 0 Å². The Morgan fingerprint density at radius 2 is 1.69 bits per heavy atom. The molecule has 0 unspecified atom stereocenters. The first-order valence-corrected chi connectivity index (χ1v) is 12.1. The molecule has 0 bridgehead atoms. The zero-order valence-corrected chi connectivity index (χ0v) is 19.8. The van der Waals surface area contributed by atoms with E-state index < -0.39 is 0 Å². The van der Waals surface area contributed by atoms with Gasteiger partial charge in [-0.15, -0.1) is 0 Å². The minimum atomic E-state index is 0.618. The van der Waals surface area contributed by atoms with Crippen molar-refractivity contribution < 1.29 is 4.74 Å². The molecule has 0 spiro atoms. The Kier molecular flexibility index (Phi) is 7.18. The predicted octanol–water partition coefficient (Wildman–Crippen LogP) is 4.61. The van der Waals surface area contributed by atoms with Gasteiger partial charge in [0.2, 0.25) is 0 Å². The Balaban J connectivity index is 1.06. The average Bonchev–Trinajstić information content (AvgIpc) is 3.34. The van der Waals surface area contributed by atoms with E-state index in [0.717, 1.165) is 61.7 Å². The summed E-state index contributed by atoms with van der Waals surface area (Å²) < 4.78 is 8.03. The lowest BCUT2D eigenvalue weighted by molar-refractivity contribution is 0.125. The van der Waals surface area contributed by atoms with Gasteiger partial charge in [-0.3, -0.25) is 14.4 Å². The van der Waals surface area contributed by atoms with Crippen molar-refractivity contribution in [1.82, 2.24) is 19.4 Å². The minimum Gasteiger partial charge on any atom is -0.492 e. The lowest BCUT2D eigenvalue weighted by Gasteiger charge is -2.34. The number of aromatic nitrogens is 2. The van der Waals surface area contributed by atoms with Crippen LogP contribution in [0.25, 0.3) is 22.8 Å². The highest BCUT2D eigenvalue weighted by Crippen LogP contribution is 2.21. The van der Waals surface area contributed by atoms with Gasteiger partial charge in [0, 0.05) is 45.0 Å².